The molecule has 1 N–H and O–H groups in total. The van der Waals surface area contributed by atoms with E-state index in [1.807, 2.05) is 11.0 Å². The van der Waals surface area contributed by atoms with Gasteiger partial charge in [0.25, 0.3) is 0 Å². The first-order valence-corrected chi connectivity index (χ1v) is 5.50. The molecule has 0 radical (unpaired) electrons. The highest BCUT2D eigenvalue weighted by atomic mass is 32.2. The van der Waals surface area contributed by atoms with E-state index in [4.69, 9.17) is 4.84 Å². The number of hydrogen-bond acceptors (Lipinski definition) is 3. The van der Waals surface area contributed by atoms with Gasteiger partial charge in [-0.2, -0.15) is 0 Å². The lowest BCUT2D eigenvalue weighted by Gasteiger charge is -2.05. The highest BCUT2D eigenvalue weighted by Gasteiger charge is 2.05. The SMILES string of the molecule is CCS(=O)(=O)NOc1ccccc1. The van der Waals surface area contributed by atoms with Crippen molar-refractivity contribution in [1.82, 2.24) is 4.89 Å². The van der Waals surface area contributed by atoms with Crippen LogP contribution in [0, 0.1) is 0 Å². The number of benzene rings is 1. The Labute approximate surface area is 77.5 Å². The van der Waals surface area contributed by atoms with Gasteiger partial charge in [0, 0.05) is 0 Å². The van der Waals surface area contributed by atoms with Gasteiger partial charge in [0.1, 0.15) is 5.75 Å². The van der Waals surface area contributed by atoms with Gasteiger partial charge in [-0.3, -0.25) is 0 Å². The molecule has 0 aliphatic carbocycles. The van der Waals surface area contributed by atoms with Crippen molar-refractivity contribution in [2.45, 2.75) is 6.92 Å². The molecule has 0 aliphatic rings. The molecule has 1 rings (SSSR count). The van der Waals surface area contributed by atoms with Crippen molar-refractivity contribution >= 4 is 10.0 Å². The summed E-state index contributed by atoms with van der Waals surface area (Å²) >= 11 is 0. The lowest BCUT2D eigenvalue weighted by atomic mass is 10.3. The molecule has 0 heterocycles. The summed E-state index contributed by atoms with van der Waals surface area (Å²) in [6.07, 6.45) is 0. The molecule has 0 aromatic heterocycles. The van der Waals surface area contributed by atoms with Crippen molar-refractivity contribution in [3.63, 3.8) is 0 Å². The molecule has 0 spiro atoms. The van der Waals surface area contributed by atoms with Gasteiger partial charge in [-0.15, -0.1) is 0 Å². The number of hydrogen-bond donors (Lipinski definition) is 1. The third-order valence-electron chi connectivity index (χ3n) is 1.41. The molecule has 1 aromatic carbocycles. The van der Waals surface area contributed by atoms with E-state index in [2.05, 4.69) is 0 Å². The standard InChI is InChI=1S/C8H11NO3S/c1-2-13(10,11)9-12-8-6-4-3-5-7-8/h3-7,9H,2H2,1H3. The molecule has 0 saturated heterocycles. The topological polar surface area (TPSA) is 55.4 Å². The predicted molar refractivity (Wildman–Crippen MR) is 49.7 cm³/mol. The summed E-state index contributed by atoms with van der Waals surface area (Å²) in [4.78, 5) is 6.82. The maximum absolute atomic E-state index is 10.9. The zero-order chi connectivity index (χ0) is 9.73. The zero-order valence-corrected chi connectivity index (χ0v) is 8.04. The average Bonchev–Trinajstić information content (AvgIpc) is 2.17. The molecule has 0 saturated carbocycles. The molecule has 0 aliphatic heterocycles. The highest BCUT2D eigenvalue weighted by Crippen LogP contribution is 2.06. The molecule has 0 atom stereocenters. The van der Waals surface area contributed by atoms with Crippen LogP contribution in [0.2, 0.25) is 0 Å². The van der Waals surface area contributed by atoms with Crippen molar-refractivity contribution in [1.29, 1.82) is 0 Å². The minimum Gasteiger partial charge on any atom is -0.394 e. The number of rotatable bonds is 4. The Morgan fingerprint density at radius 2 is 1.92 bits per heavy atom. The van der Waals surface area contributed by atoms with Crippen LogP contribution in [0.5, 0.6) is 5.75 Å². The van der Waals surface area contributed by atoms with Crippen molar-refractivity contribution in [3.05, 3.63) is 30.3 Å². The predicted octanol–water partition coefficient (Wildman–Crippen LogP) is 0.920. The third kappa shape index (κ3) is 3.43. The van der Waals surface area contributed by atoms with Gasteiger partial charge in [0.15, 0.2) is 0 Å². The molecule has 5 heteroatoms. The van der Waals surface area contributed by atoms with Gasteiger partial charge in [-0.25, -0.2) is 8.42 Å². The number of sulfonamides is 1. The van der Waals surface area contributed by atoms with Gasteiger partial charge in [0.2, 0.25) is 10.0 Å². The van der Waals surface area contributed by atoms with Crippen LogP contribution in [-0.4, -0.2) is 14.2 Å². The fourth-order valence-electron chi connectivity index (χ4n) is 0.659. The second-order valence-corrected chi connectivity index (χ2v) is 4.38. The van der Waals surface area contributed by atoms with Gasteiger partial charge in [-0.1, -0.05) is 18.2 Å². The first kappa shape index (κ1) is 10.0. The molecule has 1 aromatic rings. The van der Waals surface area contributed by atoms with Crippen LogP contribution in [0.4, 0.5) is 0 Å². The van der Waals surface area contributed by atoms with Crippen LogP contribution >= 0.6 is 0 Å². The minimum atomic E-state index is -3.29. The van der Waals surface area contributed by atoms with Crippen molar-refractivity contribution in [2.75, 3.05) is 5.75 Å². The Kier molecular flexibility index (Phi) is 3.27. The molecule has 72 valence electrons. The fraction of sp³-hybridized carbons (Fsp3) is 0.250. The first-order valence-electron chi connectivity index (χ1n) is 3.85. The molecule has 4 nitrogen and oxygen atoms in total. The van der Waals surface area contributed by atoms with Gasteiger partial charge in [-0.05, 0) is 23.9 Å². The smallest absolute Gasteiger partial charge is 0.242 e. The summed E-state index contributed by atoms with van der Waals surface area (Å²) in [5.41, 5.74) is 0. The fourth-order valence-corrected chi connectivity index (χ4v) is 1.00. The highest BCUT2D eigenvalue weighted by molar-refractivity contribution is 7.89. The second kappa shape index (κ2) is 4.25. The Morgan fingerprint density at radius 1 is 1.31 bits per heavy atom. The van der Waals surface area contributed by atoms with E-state index in [0.717, 1.165) is 0 Å². The van der Waals surface area contributed by atoms with Crippen molar-refractivity contribution in [3.8, 4) is 5.75 Å². The Hall–Kier alpha value is -1.07. The summed E-state index contributed by atoms with van der Waals surface area (Å²) in [6, 6.07) is 8.67. The van der Waals surface area contributed by atoms with Gasteiger partial charge < -0.3 is 4.84 Å². The van der Waals surface area contributed by atoms with E-state index < -0.39 is 10.0 Å². The van der Waals surface area contributed by atoms with Crippen LogP contribution in [0.3, 0.4) is 0 Å². The maximum atomic E-state index is 10.9. The van der Waals surface area contributed by atoms with Crippen LogP contribution in [0.1, 0.15) is 6.92 Å². The van der Waals surface area contributed by atoms with E-state index in [0.29, 0.717) is 5.75 Å². The Morgan fingerprint density at radius 3 is 2.46 bits per heavy atom. The average molecular weight is 201 g/mol. The summed E-state index contributed by atoms with van der Waals surface area (Å²) in [7, 11) is -3.29. The molecular formula is C8H11NO3S. The number of para-hydroxylation sites is 1. The summed E-state index contributed by atoms with van der Waals surface area (Å²) in [6.45, 7) is 1.54. The lowest BCUT2D eigenvalue weighted by molar-refractivity contribution is 0.269. The van der Waals surface area contributed by atoms with Gasteiger partial charge in [0.05, 0.1) is 5.75 Å². The monoisotopic (exact) mass is 201 g/mol. The quantitative estimate of drug-likeness (QED) is 0.737. The van der Waals surface area contributed by atoms with E-state index >= 15 is 0 Å². The van der Waals surface area contributed by atoms with E-state index in [9.17, 15) is 8.42 Å². The third-order valence-corrected chi connectivity index (χ3v) is 2.51. The van der Waals surface area contributed by atoms with Crippen molar-refractivity contribution in [2.24, 2.45) is 0 Å². The summed E-state index contributed by atoms with van der Waals surface area (Å²) < 4.78 is 21.9. The van der Waals surface area contributed by atoms with Crippen LogP contribution in [0.25, 0.3) is 0 Å². The van der Waals surface area contributed by atoms with E-state index in [1.165, 1.54) is 6.92 Å². The minimum absolute atomic E-state index is 0.000165. The zero-order valence-electron chi connectivity index (χ0n) is 7.23. The Bertz CT molecular complexity index is 347. The normalized spacial score (nSPS) is 11.2. The number of nitrogens with one attached hydrogen (secondary N) is 1. The molecule has 13 heavy (non-hydrogen) atoms. The second-order valence-electron chi connectivity index (χ2n) is 2.40. The first-order chi connectivity index (χ1) is 6.14. The van der Waals surface area contributed by atoms with Crippen molar-refractivity contribution < 1.29 is 13.3 Å². The molecule has 0 bridgehead atoms. The summed E-state index contributed by atoms with van der Waals surface area (Å²) in [5.74, 6) is 0.472. The molecule has 0 fully saturated rings. The largest absolute Gasteiger partial charge is 0.394 e. The van der Waals surface area contributed by atoms with Crippen LogP contribution in [-0.2, 0) is 10.0 Å². The van der Waals surface area contributed by atoms with Gasteiger partial charge >= 0.3 is 0 Å². The molecule has 0 unspecified atom stereocenters. The van der Waals surface area contributed by atoms with E-state index in [-0.39, 0.29) is 5.75 Å². The molecular weight excluding hydrogens is 190 g/mol. The van der Waals surface area contributed by atoms with Crippen LogP contribution in [0.15, 0.2) is 30.3 Å². The molecule has 0 amide bonds. The lowest BCUT2D eigenvalue weighted by Crippen LogP contribution is -2.28. The Balaban J connectivity index is 2.54. The van der Waals surface area contributed by atoms with Crippen LogP contribution < -0.4 is 9.72 Å². The maximum Gasteiger partial charge on any atom is 0.242 e. The summed E-state index contributed by atoms with van der Waals surface area (Å²) in [5, 5.41) is 0. The van der Waals surface area contributed by atoms with E-state index in [1.54, 1.807) is 24.3 Å².